The minimum atomic E-state index is -0.517. The zero-order chi connectivity index (χ0) is 21.0. The van der Waals surface area contributed by atoms with Gasteiger partial charge in [0.25, 0.3) is 0 Å². The number of rotatable bonds is 5. The highest BCUT2D eigenvalue weighted by atomic mass is 35.5. The Balaban J connectivity index is 1.84. The van der Waals surface area contributed by atoms with Crippen LogP contribution >= 0.6 is 23.2 Å². The Morgan fingerprint density at radius 3 is 2.62 bits per heavy atom. The van der Waals surface area contributed by atoms with Crippen molar-refractivity contribution < 1.29 is 14.3 Å². The number of ether oxygens (including phenoxy) is 1. The molecule has 0 saturated carbocycles. The van der Waals surface area contributed by atoms with E-state index < -0.39 is 12.0 Å². The lowest BCUT2D eigenvalue weighted by molar-refractivity contribution is 0.0526. The molecule has 0 bridgehead atoms. The van der Waals surface area contributed by atoms with E-state index in [-0.39, 0.29) is 11.6 Å². The van der Waals surface area contributed by atoms with Gasteiger partial charge in [0.15, 0.2) is 0 Å². The molecule has 3 aromatic rings. The van der Waals surface area contributed by atoms with E-state index in [9.17, 15) is 9.59 Å². The van der Waals surface area contributed by atoms with E-state index in [2.05, 4.69) is 15.7 Å². The normalized spacial score (nSPS) is 10.5. The molecule has 29 heavy (non-hydrogen) atoms. The van der Waals surface area contributed by atoms with Crippen LogP contribution in [0.2, 0.25) is 10.0 Å². The lowest BCUT2D eigenvalue weighted by atomic mass is 10.2. The van der Waals surface area contributed by atoms with Crippen molar-refractivity contribution in [1.29, 1.82) is 0 Å². The molecule has 3 rings (SSSR count). The van der Waals surface area contributed by atoms with Crippen molar-refractivity contribution in [3.05, 3.63) is 69.8 Å². The molecule has 0 aliphatic rings. The molecule has 150 valence electrons. The van der Waals surface area contributed by atoms with Crippen LogP contribution in [0.3, 0.4) is 0 Å². The van der Waals surface area contributed by atoms with E-state index in [0.717, 1.165) is 0 Å². The highest BCUT2D eigenvalue weighted by Gasteiger charge is 2.14. The third-order valence-electron chi connectivity index (χ3n) is 3.87. The summed E-state index contributed by atoms with van der Waals surface area (Å²) in [4.78, 5) is 24.5. The van der Waals surface area contributed by atoms with Crippen molar-refractivity contribution in [2.75, 3.05) is 17.2 Å². The van der Waals surface area contributed by atoms with E-state index in [4.69, 9.17) is 27.9 Å². The first-order valence-corrected chi connectivity index (χ1v) is 9.51. The van der Waals surface area contributed by atoms with Crippen molar-refractivity contribution in [1.82, 2.24) is 9.78 Å². The maximum atomic E-state index is 12.5. The van der Waals surface area contributed by atoms with Crippen LogP contribution in [0.5, 0.6) is 0 Å². The number of halogens is 2. The van der Waals surface area contributed by atoms with Crippen molar-refractivity contribution in [3.8, 4) is 5.69 Å². The predicted octanol–water partition coefficient (Wildman–Crippen LogP) is 5.31. The Morgan fingerprint density at radius 2 is 1.86 bits per heavy atom. The van der Waals surface area contributed by atoms with Gasteiger partial charge < -0.3 is 10.1 Å². The van der Waals surface area contributed by atoms with Crippen LogP contribution in [0.15, 0.2) is 48.5 Å². The number of hydrogen-bond donors (Lipinski definition) is 2. The van der Waals surface area contributed by atoms with Gasteiger partial charge in [0.1, 0.15) is 5.82 Å². The SMILES string of the molecule is CCOC(=O)c1cccc(-n2nc(C)cc2NC(=O)Nc2cccc(Cl)c2Cl)c1. The first kappa shape index (κ1) is 20.7. The number of carbonyl (C=O) groups excluding carboxylic acids is 2. The van der Waals surface area contributed by atoms with Gasteiger partial charge in [-0.3, -0.25) is 5.32 Å². The second-order valence-corrected chi connectivity index (χ2v) is 6.82. The molecule has 2 aromatic carbocycles. The summed E-state index contributed by atoms with van der Waals surface area (Å²) >= 11 is 12.1. The molecule has 1 aromatic heterocycles. The lowest BCUT2D eigenvalue weighted by Gasteiger charge is -2.12. The number of nitrogens with zero attached hydrogens (tertiary/aromatic N) is 2. The summed E-state index contributed by atoms with van der Waals surface area (Å²) in [7, 11) is 0. The van der Waals surface area contributed by atoms with Crippen LogP contribution in [0.25, 0.3) is 5.69 Å². The zero-order valence-corrected chi connectivity index (χ0v) is 17.2. The maximum Gasteiger partial charge on any atom is 0.338 e. The zero-order valence-electron chi connectivity index (χ0n) is 15.7. The molecular formula is C20H18Cl2N4O3. The van der Waals surface area contributed by atoms with Gasteiger partial charge in [-0.15, -0.1) is 0 Å². The minimum absolute atomic E-state index is 0.246. The average Bonchev–Trinajstić information content (AvgIpc) is 3.05. The number of aromatic nitrogens is 2. The Bertz CT molecular complexity index is 1070. The molecule has 0 radical (unpaired) electrons. The summed E-state index contributed by atoms with van der Waals surface area (Å²) in [6.45, 7) is 3.82. The second kappa shape index (κ2) is 8.98. The summed E-state index contributed by atoms with van der Waals surface area (Å²) in [6, 6.07) is 12.9. The number of aryl methyl sites for hydroxylation is 1. The fourth-order valence-corrected chi connectivity index (χ4v) is 2.98. The molecule has 0 aliphatic heterocycles. The van der Waals surface area contributed by atoms with Gasteiger partial charge in [-0.05, 0) is 44.2 Å². The summed E-state index contributed by atoms with van der Waals surface area (Å²) in [5, 5.41) is 10.4. The summed E-state index contributed by atoms with van der Waals surface area (Å²) in [5.41, 5.74) is 2.05. The highest BCUT2D eigenvalue weighted by molar-refractivity contribution is 6.44. The van der Waals surface area contributed by atoms with E-state index in [1.807, 2.05) is 0 Å². The van der Waals surface area contributed by atoms with E-state index in [0.29, 0.717) is 33.5 Å². The molecule has 1 heterocycles. The summed E-state index contributed by atoms with van der Waals surface area (Å²) < 4.78 is 6.56. The van der Waals surface area contributed by atoms with Crippen LogP contribution < -0.4 is 10.6 Å². The highest BCUT2D eigenvalue weighted by Crippen LogP contribution is 2.29. The predicted molar refractivity (Wildman–Crippen MR) is 113 cm³/mol. The molecule has 7 nitrogen and oxygen atoms in total. The van der Waals surface area contributed by atoms with Crippen LogP contribution in [-0.4, -0.2) is 28.4 Å². The Kier molecular flexibility index (Phi) is 6.41. The number of carbonyl (C=O) groups is 2. The van der Waals surface area contributed by atoms with Crippen LogP contribution in [-0.2, 0) is 4.74 Å². The van der Waals surface area contributed by atoms with Crippen molar-refractivity contribution >= 4 is 46.7 Å². The van der Waals surface area contributed by atoms with Gasteiger partial charge in [0.05, 0.1) is 39.3 Å². The summed E-state index contributed by atoms with van der Waals surface area (Å²) in [5.74, 6) is -0.0137. The molecule has 2 N–H and O–H groups in total. The van der Waals surface area contributed by atoms with Gasteiger partial charge in [0.2, 0.25) is 0 Å². The van der Waals surface area contributed by atoms with Gasteiger partial charge in [0, 0.05) is 6.07 Å². The third-order valence-corrected chi connectivity index (χ3v) is 4.69. The van der Waals surface area contributed by atoms with Gasteiger partial charge in [-0.1, -0.05) is 35.3 Å². The molecule has 0 atom stereocenters. The first-order chi connectivity index (χ1) is 13.9. The minimum Gasteiger partial charge on any atom is -0.462 e. The number of hydrogen-bond acceptors (Lipinski definition) is 4. The number of anilines is 2. The van der Waals surface area contributed by atoms with Crippen molar-refractivity contribution in [2.24, 2.45) is 0 Å². The lowest BCUT2D eigenvalue weighted by Crippen LogP contribution is -2.21. The van der Waals surface area contributed by atoms with Gasteiger partial charge in [-0.2, -0.15) is 5.10 Å². The van der Waals surface area contributed by atoms with Crippen LogP contribution in [0.1, 0.15) is 23.0 Å². The number of amides is 2. The second-order valence-electron chi connectivity index (χ2n) is 6.03. The number of esters is 1. The maximum absolute atomic E-state index is 12.5. The summed E-state index contributed by atoms with van der Waals surface area (Å²) in [6.07, 6.45) is 0. The monoisotopic (exact) mass is 432 g/mol. The van der Waals surface area contributed by atoms with Crippen molar-refractivity contribution in [3.63, 3.8) is 0 Å². The molecule has 0 fully saturated rings. The molecule has 0 spiro atoms. The fourth-order valence-electron chi connectivity index (χ4n) is 2.63. The average molecular weight is 433 g/mol. The van der Waals surface area contributed by atoms with Gasteiger partial charge >= 0.3 is 12.0 Å². The molecule has 0 unspecified atom stereocenters. The fraction of sp³-hybridized carbons (Fsp3) is 0.150. The third kappa shape index (κ3) is 4.88. The largest absolute Gasteiger partial charge is 0.462 e. The number of urea groups is 1. The molecule has 9 heteroatoms. The van der Waals surface area contributed by atoms with E-state index in [1.165, 1.54) is 4.68 Å². The van der Waals surface area contributed by atoms with E-state index >= 15 is 0 Å². The molecule has 0 saturated heterocycles. The standard InChI is InChI=1S/C20H18Cl2N4O3/c1-3-29-19(27)13-6-4-7-14(11-13)26-17(10-12(2)25-26)24-20(28)23-16-9-5-8-15(21)18(16)22/h4-11H,3H2,1-2H3,(H2,23,24,28). The molecular weight excluding hydrogens is 415 g/mol. The van der Waals surface area contributed by atoms with Crippen LogP contribution in [0.4, 0.5) is 16.3 Å². The van der Waals surface area contributed by atoms with Crippen molar-refractivity contribution in [2.45, 2.75) is 13.8 Å². The Hall–Kier alpha value is -3.03. The Labute approximate surface area is 177 Å². The van der Waals surface area contributed by atoms with E-state index in [1.54, 1.807) is 62.4 Å². The number of nitrogens with one attached hydrogen (secondary N) is 2. The Morgan fingerprint density at radius 1 is 1.10 bits per heavy atom. The molecule has 0 aliphatic carbocycles. The first-order valence-electron chi connectivity index (χ1n) is 8.75. The smallest absolute Gasteiger partial charge is 0.338 e. The van der Waals surface area contributed by atoms with Gasteiger partial charge in [-0.25, -0.2) is 14.3 Å². The molecule has 2 amide bonds. The topological polar surface area (TPSA) is 85.2 Å². The quantitative estimate of drug-likeness (QED) is 0.535. The number of benzene rings is 2. The van der Waals surface area contributed by atoms with Crippen LogP contribution in [0, 0.1) is 6.92 Å².